The van der Waals surface area contributed by atoms with Crippen molar-refractivity contribution in [3.05, 3.63) is 12.2 Å². The minimum Gasteiger partial charge on any atom is -0.443 e. The predicted molar refractivity (Wildman–Crippen MR) is 50.1 cm³/mol. The van der Waals surface area contributed by atoms with Crippen molar-refractivity contribution in [2.45, 2.75) is 31.8 Å². The van der Waals surface area contributed by atoms with E-state index in [1.165, 1.54) is 6.92 Å². The molecule has 1 fully saturated rings. The van der Waals surface area contributed by atoms with Crippen LogP contribution in [0.1, 0.15) is 26.2 Å². The minimum absolute atomic E-state index is 0.0985. The van der Waals surface area contributed by atoms with Gasteiger partial charge in [-0.05, 0) is 18.8 Å². The Morgan fingerprint density at radius 3 is 2.71 bits per heavy atom. The van der Waals surface area contributed by atoms with Crippen molar-refractivity contribution in [3.63, 3.8) is 0 Å². The van der Waals surface area contributed by atoms with Crippen LogP contribution in [0.5, 0.6) is 0 Å². The Kier molecular flexibility index (Phi) is 2.07. The summed E-state index contributed by atoms with van der Waals surface area (Å²) in [5.74, 6) is 0.160. The summed E-state index contributed by atoms with van der Waals surface area (Å²) >= 11 is 0. The van der Waals surface area contributed by atoms with E-state index >= 15 is 0 Å². The van der Waals surface area contributed by atoms with Crippen LogP contribution in [0.2, 0.25) is 0 Å². The molecule has 0 amide bonds. The number of rotatable bonds is 1. The van der Waals surface area contributed by atoms with Gasteiger partial charge in [0.2, 0.25) is 5.60 Å². The van der Waals surface area contributed by atoms with E-state index in [1.54, 1.807) is 0 Å². The van der Waals surface area contributed by atoms with Gasteiger partial charge in [0.25, 0.3) is 0 Å². The minimum atomic E-state index is -0.872. The first-order valence-corrected chi connectivity index (χ1v) is 4.95. The van der Waals surface area contributed by atoms with Crippen LogP contribution >= 0.6 is 0 Å². The van der Waals surface area contributed by atoms with Crippen molar-refractivity contribution >= 4 is 5.97 Å². The Balaban J connectivity index is 2.26. The molecule has 74 valence electrons. The van der Waals surface area contributed by atoms with Crippen LogP contribution in [-0.2, 0) is 9.53 Å². The van der Waals surface area contributed by atoms with Crippen molar-refractivity contribution in [2.24, 2.45) is 11.8 Å². The molecule has 14 heavy (non-hydrogen) atoms. The molecule has 0 aliphatic heterocycles. The van der Waals surface area contributed by atoms with E-state index in [0.717, 1.165) is 12.8 Å². The van der Waals surface area contributed by atoms with Crippen LogP contribution in [0.25, 0.3) is 0 Å². The van der Waals surface area contributed by atoms with Gasteiger partial charge >= 0.3 is 5.97 Å². The summed E-state index contributed by atoms with van der Waals surface area (Å²) < 4.78 is 5.21. The Hall–Kier alpha value is -1.30. The third kappa shape index (κ3) is 1.31. The average Bonchev–Trinajstić information content (AvgIpc) is 2.18. The van der Waals surface area contributed by atoms with Crippen LogP contribution in [0, 0.1) is 23.2 Å². The van der Waals surface area contributed by atoms with Gasteiger partial charge in [-0.2, -0.15) is 5.26 Å². The van der Waals surface area contributed by atoms with Crippen LogP contribution in [0.15, 0.2) is 12.2 Å². The molecule has 0 N–H and O–H groups in total. The molecule has 1 saturated carbocycles. The highest BCUT2D eigenvalue weighted by Gasteiger charge is 2.48. The molecule has 3 aliphatic rings. The van der Waals surface area contributed by atoms with Crippen molar-refractivity contribution in [2.75, 3.05) is 0 Å². The molecule has 0 spiro atoms. The number of carbonyl (C=O) groups is 1. The molecule has 3 aliphatic carbocycles. The number of esters is 1. The number of ether oxygens (including phenoxy) is 1. The summed E-state index contributed by atoms with van der Waals surface area (Å²) in [7, 11) is 0. The summed E-state index contributed by atoms with van der Waals surface area (Å²) in [6, 6.07) is 2.19. The number of nitriles is 1. The third-order valence-corrected chi connectivity index (χ3v) is 3.14. The third-order valence-electron chi connectivity index (χ3n) is 3.14. The van der Waals surface area contributed by atoms with E-state index in [2.05, 4.69) is 12.1 Å². The van der Waals surface area contributed by atoms with E-state index in [-0.39, 0.29) is 11.9 Å². The maximum atomic E-state index is 11.0. The Morgan fingerprint density at radius 2 is 2.36 bits per heavy atom. The molecule has 0 aromatic heterocycles. The number of hydrogen-bond donors (Lipinski definition) is 0. The van der Waals surface area contributed by atoms with Gasteiger partial charge in [0.15, 0.2) is 0 Å². The van der Waals surface area contributed by atoms with Gasteiger partial charge in [-0.25, -0.2) is 0 Å². The van der Waals surface area contributed by atoms with E-state index < -0.39 is 5.60 Å². The zero-order chi connectivity index (χ0) is 10.2. The summed E-state index contributed by atoms with van der Waals surface area (Å²) in [6.45, 7) is 1.37. The van der Waals surface area contributed by atoms with Crippen molar-refractivity contribution in [1.29, 1.82) is 5.26 Å². The Labute approximate surface area is 83.4 Å². The number of carbonyl (C=O) groups excluding carboxylic acids is 1. The molecule has 3 rings (SSSR count). The molecule has 0 radical (unpaired) electrons. The Bertz CT molecular complexity index is 329. The lowest BCUT2D eigenvalue weighted by Crippen LogP contribution is -2.47. The second kappa shape index (κ2) is 3.13. The summed E-state index contributed by atoms with van der Waals surface area (Å²) in [5, 5.41) is 9.15. The molecule has 2 bridgehead atoms. The topological polar surface area (TPSA) is 50.1 Å². The number of nitrogens with zero attached hydrogens (tertiary/aromatic N) is 1. The first-order chi connectivity index (χ1) is 6.66. The van der Waals surface area contributed by atoms with Gasteiger partial charge in [0.1, 0.15) is 6.07 Å². The average molecular weight is 191 g/mol. The smallest absolute Gasteiger partial charge is 0.304 e. The lowest BCUT2D eigenvalue weighted by atomic mass is 9.66. The molecular formula is C11H13NO2. The van der Waals surface area contributed by atoms with Crippen LogP contribution in [0.4, 0.5) is 0 Å². The first kappa shape index (κ1) is 9.26. The normalized spacial score (nSPS) is 39.1. The van der Waals surface area contributed by atoms with Crippen molar-refractivity contribution < 1.29 is 9.53 Å². The molecule has 1 unspecified atom stereocenters. The largest absolute Gasteiger partial charge is 0.443 e. The molecule has 0 saturated heterocycles. The molecule has 3 heteroatoms. The monoisotopic (exact) mass is 191 g/mol. The molecular weight excluding hydrogens is 178 g/mol. The van der Waals surface area contributed by atoms with Crippen LogP contribution in [-0.4, -0.2) is 11.6 Å². The molecule has 0 aromatic rings. The highest BCUT2D eigenvalue weighted by molar-refractivity contribution is 5.67. The number of fused-ring (bicyclic) bond motifs is 2. The van der Waals surface area contributed by atoms with E-state index in [0.29, 0.717) is 12.3 Å². The molecule has 0 aromatic carbocycles. The summed E-state index contributed by atoms with van der Waals surface area (Å²) in [5.41, 5.74) is -0.872. The maximum absolute atomic E-state index is 11.0. The molecule has 3 nitrogen and oxygen atoms in total. The van der Waals surface area contributed by atoms with Gasteiger partial charge in [0.05, 0.1) is 0 Å². The molecule has 3 atom stereocenters. The fourth-order valence-electron chi connectivity index (χ4n) is 2.50. The number of allylic oxidation sites excluding steroid dienone is 1. The second-order valence-electron chi connectivity index (χ2n) is 4.13. The van der Waals surface area contributed by atoms with E-state index in [1.807, 2.05) is 6.08 Å². The molecule has 0 heterocycles. The lowest BCUT2D eigenvalue weighted by molar-refractivity contribution is -0.159. The first-order valence-electron chi connectivity index (χ1n) is 4.95. The fourth-order valence-corrected chi connectivity index (χ4v) is 2.50. The number of hydrogen-bond acceptors (Lipinski definition) is 3. The zero-order valence-corrected chi connectivity index (χ0v) is 8.19. The summed E-state index contributed by atoms with van der Waals surface area (Å²) in [4.78, 5) is 11.0. The van der Waals surface area contributed by atoms with Crippen LogP contribution in [0.3, 0.4) is 0 Å². The Morgan fingerprint density at radius 1 is 1.57 bits per heavy atom. The quantitative estimate of drug-likeness (QED) is 0.469. The van der Waals surface area contributed by atoms with Gasteiger partial charge in [-0.1, -0.05) is 12.2 Å². The van der Waals surface area contributed by atoms with Gasteiger partial charge < -0.3 is 4.74 Å². The lowest BCUT2D eigenvalue weighted by Gasteiger charge is -2.42. The van der Waals surface area contributed by atoms with Gasteiger partial charge in [-0.15, -0.1) is 0 Å². The highest BCUT2D eigenvalue weighted by atomic mass is 16.6. The second-order valence-corrected chi connectivity index (χ2v) is 4.13. The SMILES string of the molecule is CC(=O)OC1(C#N)C[C@@H]2C=C[C@H]1CC2. The van der Waals surface area contributed by atoms with Gasteiger partial charge in [0, 0.05) is 19.3 Å². The standard InChI is InChI=1S/C11H13NO2/c1-8(13)14-11(7-12)6-9-2-4-10(11)5-3-9/h2,4,9-10H,3,5-6H2,1H3/t9-,10+,11?/m1/s1. The predicted octanol–water partition coefficient (Wildman–Crippen LogP) is 1.80. The maximum Gasteiger partial charge on any atom is 0.304 e. The van der Waals surface area contributed by atoms with Crippen LogP contribution < -0.4 is 0 Å². The van der Waals surface area contributed by atoms with Crippen molar-refractivity contribution in [3.8, 4) is 6.07 Å². The van der Waals surface area contributed by atoms with E-state index in [9.17, 15) is 4.79 Å². The van der Waals surface area contributed by atoms with Crippen molar-refractivity contribution in [1.82, 2.24) is 0 Å². The van der Waals surface area contributed by atoms with Gasteiger partial charge in [-0.3, -0.25) is 4.79 Å². The highest BCUT2D eigenvalue weighted by Crippen LogP contribution is 2.45. The summed E-state index contributed by atoms with van der Waals surface area (Å²) in [6.07, 6.45) is 6.93. The van der Waals surface area contributed by atoms with E-state index in [4.69, 9.17) is 10.00 Å². The zero-order valence-electron chi connectivity index (χ0n) is 8.19. The fraction of sp³-hybridized carbons (Fsp3) is 0.636.